The van der Waals surface area contributed by atoms with Gasteiger partial charge in [-0.25, -0.2) is 8.42 Å². The third-order valence-corrected chi connectivity index (χ3v) is 6.68. The van der Waals surface area contributed by atoms with Crippen molar-refractivity contribution in [3.05, 3.63) is 0 Å². The molecule has 0 aromatic carbocycles. The van der Waals surface area contributed by atoms with Crippen LogP contribution in [0.15, 0.2) is 0 Å². The summed E-state index contributed by atoms with van der Waals surface area (Å²) in [6.07, 6.45) is 7.86. The Morgan fingerprint density at radius 1 is 1.18 bits per heavy atom. The van der Waals surface area contributed by atoms with E-state index in [1.54, 1.807) is 4.31 Å². The summed E-state index contributed by atoms with van der Waals surface area (Å²) >= 11 is 0. The standard InChI is InChI=1S/C16H32N2O3S/c1-12(2)13-6-8-14(9-7-13)21-11-16-15(17)5-4-10-18(16)22(3,19)20/h12-16H,4-11,17H2,1-3H3/t13?,14?,15?,16-/m0/s1. The van der Waals surface area contributed by atoms with E-state index in [-0.39, 0.29) is 18.2 Å². The zero-order valence-corrected chi connectivity index (χ0v) is 15.0. The van der Waals surface area contributed by atoms with Gasteiger partial charge in [-0.3, -0.25) is 0 Å². The first-order valence-electron chi connectivity index (χ1n) is 8.63. The molecule has 0 bridgehead atoms. The maximum atomic E-state index is 11.9. The molecular formula is C16H32N2O3S. The Morgan fingerprint density at radius 2 is 1.82 bits per heavy atom. The Kier molecular flexibility index (Phi) is 6.28. The fourth-order valence-electron chi connectivity index (χ4n) is 3.83. The van der Waals surface area contributed by atoms with Crippen molar-refractivity contribution in [2.24, 2.45) is 17.6 Å². The maximum absolute atomic E-state index is 11.9. The van der Waals surface area contributed by atoms with E-state index in [4.69, 9.17) is 10.5 Å². The van der Waals surface area contributed by atoms with E-state index < -0.39 is 10.0 Å². The van der Waals surface area contributed by atoms with Crippen LogP contribution in [0.5, 0.6) is 0 Å². The van der Waals surface area contributed by atoms with Gasteiger partial charge in [-0.15, -0.1) is 0 Å². The Hall–Kier alpha value is -0.170. The number of ether oxygens (including phenoxy) is 1. The van der Waals surface area contributed by atoms with Crippen molar-refractivity contribution in [1.29, 1.82) is 0 Å². The van der Waals surface area contributed by atoms with Crippen molar-refractivity contribution in [1.82, 2.24) is 4.31 Å². The number of nitrogens with two attached hydrogens (primary N) is 1. The largest absolute Gasteiger partial charge is 0.376 e. The molecule has 2 N–H and O–H groups in total. The fraction of sp³-hybridized carbons (Fsp3) is 1.00. The highest BCUT2D eigenvalue weighted by molar-refractivity contribution is 7.88. The minimum atomic E-state index is -3.21. The number of rotatable bonds is 5. The molecule has 2 atom stereocenters. The highest BCUT2D eigenvalue weighted by Crippen LogP contribution is 2.31. The Balaban J connectivity index is 1.86. The quantitative estimate of drug-likeness (QED) is 0.835. The van der Waals surface area contributed by atoms with Crippen molar-refractivity contribution in [2.45, 2.75) is 70.6 Å². The van der Waals surface area contributed by atoms with Crippen molar-refractivity contribution in [3.63, 3.8) is 0 Å². The molecule has 1 unspecified atom stereocenters. The summed E-state index contributed by atoms with van der Waals surface area (Å²) in [6.45, 7) is 5.58. The van der Waals surface area contributed by atoms with E-state index in [2.05, 4.69) is 13.8 Å². The lowest BCUT2D eigenvalue weighted by atomic mass is 9.80. The number of piperidine rings is 1. The Labute approximate surface area is 135 Å². The summed E-state index contributed by atoms with van der Waals surface area (Å²) in [7, 11) is -3.21. The Bertz CT molecular complexity index is 444. The maximum Gasteiger partial charge on any atom is 0.211 e. The molecule has 1 saturated carbocycles. The van der Waals surface area contributed by atoms with Gasteiger partial charge in [0.2, 0.25) is 10.0 Å². The van der Waals surface area contributed by atoms with E-state index in [1.807, 2.05) is 0 Å². The van der Waals surface area contributed by atoms with Crippen LogP contribution in [0.25, 0.3) is 0 Å². The van der Waals surface area contributed by atoms with Crippen LogP contribution in [0.2, 0.25) is 0 Å². The molecule has 6 heteroatoms. The zero-order chi connectivity index (χ0) is 16.3. The van der Waals surface area contributed by atoms with Gasteiger partial charge in [0.1, 0.15) is 0 Å². The SMILES string of the molecule is CC(C)C1CCC(OC[C@H]2C(N)CCCN2S(C)(=O)=O)CC1. The molecule has 0 aromatic rings. The third-order valence-electron chi connectivity index (χ3n) is 5.37. The van der Waals surface area contributed by atoms with Crippen LogP contribution in [0.1, 0.15) is 52.4 Å². The summed E-state index contributed by atoms with van der Waals surface area (Å²) < 4.78 is 31.5. The average molecular weight is 333 g/mol. The van der Waals surface area contributed by atoms with E-state index in [0.717, 1.165) is 37.5 Å². The predicted molar refractivity (Wildman–Crippen MR) is 89.1 cm³/mol. The summed E-state index contributed by atoms with van der Waals surface area (Å²) in [5.74, 6) is 1.55. The third kappa shape index (κ3) is 4.66. The van der Waals surface area contributed by atoms with Crippen LogP contribution in [0, 0.1) is 11.8 Å². The van der Waals surface area contributed by atoms with Crippen molar-refractivity contribution in [2.75, 3.05) is 19.4 Å². The first-order valence-corrected chi connectivity index (χ1v) is 10.5. The van der Waals surface area contributed by atoms with E-state index >= 15 is 0 Å². The van der Waals surface area contributed by atoms with Crippen LogP contribution in [0.3, 0.4) is 0 Å². The van der Waals surface area contributed by atoms with Gasteiger partial charge >= 0.3 is 0 Å². The molecule has 2 fully saturated rings. The highest BCUT2D eigenvalue weighted by atomic mass is 32.2. The van der Waals surface area contributed by atoms with Crippen LogP contribution in [-0.2, 0) is 14.8 Å². The van der Waals surface area contributed by atoms with Crippen LogP contribution in [0.4, 0.5) is 0 Å². The number of sulfonamides is 1. The van der Waals surface area contributed by atoms with Gasteiger partial charge in [0.15, 0.2) is 0 Å². The van der Waals surface area contributed by atoms with E-state index in [0.29, 0.717) is 13.2 Å². The molecule has 0 radical (unpaired) electrons. The molecule has 2 aliphatic rings. The van der Waals surface area contributed by atoms with Crippen LogP contribution in [-0.4, -0.2) is 50.3 Å². The van der Waals surface area contributed by atoms with Gasteiger partial charge in [-0.1, -0.05) is 13.8 Å². The summed E-state index contributed by atoms with van der Waals surface area (Å²) in [6, 6.07) is -0.318. The monoisotopic (exact) mass is 332 g/mol. The second-order valence-corrected chi connectivity index (χ2v) is 9.30. The summed E-state index contributed by atoms with van der Waals surface area (Å²) in [5.41, 5.74) is 6.16. The minimum absolute atomic E-state index is 0.115. The van der Waals surface area contributed by atoms with Crippen LogP contribution >= 0.6 is 0 Å². The second-order valence-electron chi connectivity index (χ2n) is 7.36. The molecule has 0 spiro atoms. The summed E-state index contributed by atoms with van der Waals surface area (Å²) in [5, 5.41) is 0. The van der Waals surface area contributed by atoms with E-state index in [9.17, 15) is 8.42 Å². The molecule has 130 valence electrons. The van der Waals surface area contributed by atoms with Gasteiger partial charge in [-0.05, 0) is 50.4 Å². The first-order chi connectivity index (χ1) is 10.3. The molecule has 2 rings (SSSR count). The number of nitrogens with zero attached hydrogens (tertiary/aromatic N) is 1. The minimum Gasteiger partial charge on any atom is -0.376 e. The van der Waals surface area contributed by atoms with Crippen molar-refractivity contribution >= 4 is 10.0 Å². The zero-order valence-electron chi connectivity index (χ0n) is 14.2. The lowest BCUT2D eigenvalue weighted by Crippen LogP contribution is -2.56. The van der Waals surface area contributed by atoms with Gasteiger partial charge in [0, 0.05) is 12.6 Å². The van der Waals surface area contributed by atoms with Crippen molar-refractivity contribution < 1.29 is 13.2 Å². The highest BCUT2D eigenvalue weighted by Gasteiger charge is 2.35. The molecule has 5 nitrogen and oxygen atoms in total. The molecule has 1 aliphatic heterocycles. The van der Waals surface area contributed by atoms with Crippen molar-refractivity contribution in [3.8, 4) is 0 Å². The molecule has 1 aliphatic carbocycles. The first kappa shape index (κ1) is 18.2. The fourth-order valence-corrected chi connectivity index (χ4v) is 5.00. The predicted octanol–water partition coefficient (Wildman–Crippen LogP) is 1.97. The van der Waals surface area contributed by atoms with E-state index in [1.165, 1.54) is 19.1 Å². The smallest absolute Gasteiger partial charge is 0.211 e. The Morgan fingerprint density at radius 3 is 2.36 bits per heavy atom. The molecule has 1 heterocycles. The average Bonchev–Trinajstić information content (AvgIpc) is 2.45. The van der Waals surface area contributed by atoms with Gasteiger partial charge < -0.3 is 10.5 Å². The lowest BCUT2D eigenvalue weighted by molar-refractivity contribution is -0.0160. The normalized spacial score (nSPS) is 35.0. The molecule has 0 aromatic heterocycles. The number of hydrogen-bond donors (Lipinski definition) is 1. The lowest BCUT2D eigenvalue weighted by Gasteiger charge is -2.39. The van der Waals surface area contributed by atoms with Gasteiger partial charge in [0.25, 0.3) is 0 Å². The van der Waals surface area contributed by atoms with Gasteiger partial charge in [0.05, 0.1) is 25.0 Å². The van der Waals surface area contributed by atoms with Crippen LogP contribution < -0.4 is 5.73 Å². The summed E-state index contributed by atoms with van der Waals surface area (Å²) in [4.78, 5) is 0. The molecule has 0 amide bonds. The van der Waals surface area contributed by atoms with Gasteiger partial charge in [-0.2, -0.15) is 4.31 Å². The second kappa shape index (κ2) is 7.60. The topological polar surface area (TPSA) is 72.6 Å². The molecule has 1 saturated heterocycles. The molecular weight excluding hydrogens is 300 g/mol. The molecule has 22 heavy (non-hydrogen) atoms. The number of hydrogen-bond acceptors (Lipinski definition) is 4.